The predicted octanol–water partition coefficient (Wildman–Crippen LogP) is 6.51. The summed E-state index contributed by atoms with van der Waals surface area (Å²) < 4.78 is 0. The fourth-order valence-corrected chi connectivity index (χ4v) is 3.74. The molecular formula is C24H20. The number of aryl methyl sites for hydroxylation is 1. The molecule has 1 aliphatic rings. The van der Waals surface area contributed by atoms with Gasteiger partial charge in [0.1, 0.15) is 0 Å². The van der Waals surface area contributed by atoms with E-state index in [0.29, 0.717) is 0 Å². The molecule has 1 unspecified atom stereocenters. The van der Waals surface area contributed by atoms with Crippen LogP contribution in [0.4, 0.5) is 0 Å². The first kappa shape index (κ1) is 14.7. The number of rotatable bonds is 2. The molecule has 116 valence electrons. The van der Waals surface area contributed by atoms with Crippen molar-refractivity contribution in [1.29, 1.82) is 0 Å². The first-order valence-electron chi connectivity index (χ1n) is 8.30. The molecule has 0 bridgehead atoms. The van der Waals surface area contributed by atoms with Crippen molar-refractivity contribution in [3.8, 4) is 0 Å². The molecule has 0 spiro atoms. The van der Waals surface area contributed by atoms with Gasteiger partial charge in [0.25, 0.3) is 0 Å². The number of hydrogen-bond donors (Lipinski definition) is 0. The van der Waals surface area contributed by atoms with Crippen LogP contribution in [0.2, 0.25) is 0 Å². The molecule has 3 aromatic carbocycles. The lowest BCUT2D eigenvalue weighted by molar-refractivity contribution is 0.968. The first-order valence-corrected chi connectivity index (χ1v) is 8.30. The van der Waals surface area contributed by atoms with Crippen LogP contribution in [0.3, 0.4) is 0 Å². The van der Waals surface area contributed by atoms with Gasteiger partial charge in [-0.3, -0.25) is 0 Å². The maximum atomic E-state index is 4.33. The lowest BCUT2D eigenvalue weighted by Gasteiger charge is -2.27. The summed E-state index contributed by atoms with van der Waals surface area (Å²) in [4.78, 5) is 0. The smallest absolute Gasteiger partial charge is 0.0346 e. The van der Waals surface area contributed by atoms with Gasteiger partial charge < -0.3 is 0 Å². The SMILES string of the molecule is C=Cc1cc(C)ccc1C1C(=C)C=Cc2c1ccc1ccccc21. The fourth-order valence-electron chi connectivity index (χ4n) is 3.74. The van der Waals surface area contributed by atoms with Crippen molar-refractivity contribution in [2.24, 2.45) is 0 Å². The predicted molar refractivity (Wildman–Crippen MR) is 105 cm³/mol. The van der Waals surface area contributed by atoms with Crippen LogP contribution >= 0.6 is 0 Å². The van der Waals surface area contributed by atoms with Crippen molar-refractivity contribution in [3.63, 3.8) is 0 Å². The quantitative estimate of drug-likeness (QED) is 0.506. The minimum absolute atomic E-state index is 0.184. The van der Waals surface area contributed by atoms with Crippen LogP contribution in [0, 0.1) is 6.92 Å². The van der Waals surface area contributed by atoms with Gasteiger partial charge in [-0.1, -0.05) is 91.5 Å². The van der Waals surface area contributed by atoms with Gasteiger partial charge in [-0.15, -0.1) is 0 Å². The summed E-state index contributed by atoms with van der Waals surface area (Å²) in [5, 5.41) is 2.58. The minimum atomic E-state index is 0.184. The maximum absolute atomic E-state index is 4.33. The molecule has 0 heteroatoms. The molecule has 0 N–H and O–H groups in total. The van der Waals surface area contributed by atoms with E-state index >= 15 is 0 Å². The highest BCUT2D eigenvalue weighted by Crippen LogP contribution is 2.42. The van der Waals surface area contributed by atoms with Gasteiger partial charge in [0.2, 0.25) is 0 Å². The van der Waals surface area contributed by atoms with Crippen molar-refractivity contribution in [3.05, 3.63) is 107 Å². The van der Waals surface area contributed by atoms with E-state index < -0.39 is 0 Å². The maximum Gasteiger partial charge on any atom is 0.0346 e. The second-order valence-electron chi connectivity index (χ2n) is 6.47. The second kappa shape index (κ2) is 5.65. The van der Waals surface area contributed by atoms with E-state index in [1.54, 1.807) is 0 Å². The average Bonchev–Trinajstić information content (AvgIpc) is 2.61. The number of benzene rings is 3. The van der Waals surface area contributed by atoms with E-state index in [1.807, 2.05) is 6.08 Å². The van der Waals surface area contributed by atoms with Gasteiger partial charge in [0, 0.05) is 5.92 Å². The topological polar surface area (TPSA) is 0 Å². The third-order valence-corrected chi connectivity index (χ3v) is 4.92. The summed E-state index contributed by atoms with van der Waals surface area (Å²) in [7, 11) is 0. The fraction of sp³-hybridized carbons (Fsp3) is 0.0833. The van der Waals surface area contributed by atoms with Crippen LogP contribution in [-0.4, -0.2) is 0 Å². The summed E-state index contributed by atoms with van der Waals surface area (Å²) in [6.07, 6.45) is 6.32. The van der Waals surface area contributed by atoms with Crippen LogP contribution in [0.5, 0.6) is 0 Å². The summed E-state index contributed by atoms with van der Waals surface area (Å²) in [5.41, 5.74) is 7.49. The van der Waals surface area contributed by atoms with E-state index in [9.17, 15) is 0 Å². The van der Waals surface area contributed by atoms with Crippen molar-refractivity contribution in [2.75, 3.05) is 0 Å². The Balaban J connectivity index is 1.99. The highest BCUT2D eigenvalue weighted by atomic mass is 14.3. The molecule has 0 amide bonds. The Morgan fingerprint density at radius 2 is 1.71 bits per heavy atom. The van der Waals surface area contributed by atoms with Crippen LogP contribution in [-0.2, 0) is 0 Å². The lowest BCUT2D eigenvalue weighted by Crippen LogP contribution is -2.10. The zero-order valence-electron chi connectivity index (χ0n) is 13.9. The van der Waals surface area contributed by atoms with Crippen molar-refractivity contribution in [2.45, 2.75) is 12.8 Å². The molecule has 0 nitrogen and oxygen atoms in total. The van der Waals surface area contributed by atoms with Crippen LogP contribution < -0.4 is 0 Å². The van der Waals surface area contributed by atoms with Crippen LogP contribution in [0.15, 0.2) is 79.4 Å². The third kappa shape index (κ3) is 2.23. The van der Waals surface area contributed by atoms with E-state index in [4.69, 9.17) is 0 Å². The zero-order valence-corrected chi connectivity index (χ0v) is 13.9. The Kier molecular flexibility index (Phi) is 3.46. The molecule has 0 saturated carbocycles. The molecular weight excluding hydrogens is 288 g/mol. The van der Waals surface area contributed by atoms with Crippen LogP contribution in [0.25, 0.3) is 22.9 Å². The van der Waals surface area contributed by atoms with E-state index in [2.05, 4.69) is 86.8 Å². The monoisotopic (exact) mass is 308 g/mol. The number of hydrogen-bond acceptors (Lipinski definition) is 0. The molecule has 0 heterocycles. The first-order chi connectivity index (χ1) is 11.7. The number of fused-ring (bicyclic) bond motifs is 3. The van der Waals surface area contributed by atoms with E-state index in [-0.39, 0.29) is 5.92 Å². The van der Waals surface area contributed by atoms with Crippen LogP contribution in [0.1, 0.15) is 33.7 Å². The molecule has 3 aromatic rings. The van der Waals surface area contributed by atoms with Gasteiger partial charge in [0.05, 0.1) is 0 Å². The van der Waals surface area contributed by atoms with E-state index in [0.717, 1.165) is 5.57 Å². The largest absolute Gasteiger partial charge is 0.0985 e. The molecule has 1 atom stereocenters. The minimum Gasteiger partial charge on any atom is -0.0985 e. The van der Waals surface area contributed by atoms with Gasteiger partial charge >= 0.3 is 0 Å². The summed E-state index contributed by atoms with van der Waals surface area (Å²) in [6.45, 7) is 10.5. The molecule has 0 aliphatic heterocycles. The number of allylic oxidation sites excluding steroid dienone is 2. The molecule has 0 aromatic heterocycles. The average molecular weight is 308 g/mol. The summed E-state index contributed by atoms with van der Waals surface area (Å²) in [6, 6.07) is 19.6. The van der Waals surface area contributed by atoms with Crippen molar-refractivity contribution < 1.29 is 0 Å². The lowest BCUT2D eigenvalue weighted by atomic mass is 9.76. The van der Waals surface area contributed by atoms with Crippen molar-refractivity contribution >= 4 is 22.9 Å². The van der Waals surface area contributed by atoms with Gasteiger partial charge in [0.15, 0.2) is 0 Å². The molecule has 0 saturated heterocycles. The Morgan fingerprint density at radius 1 is 0.917 bits per heavy atom. The molecule has 4 rings (SSSR count). The van der Waals surface area contributed by atoms with Gasteiger partial charge in [-0.25, -0.2) is 0 Å². The molecule has 24 heavy (non-hydrogen) atoms. The Labute approximate surface area is 143 Å². The third-order valence-electron chi connectivity index (χ3n) is 4.92. The Hall–Kier alpha value is -2.86. The molecule has 1 aliphatic carbocycles. The summed E-state index contributed by atoms with van der Waals surface area (Å²) in [5.74, 6) is 0.184. The highest BCUT2D eigenvalue weighted by Gasteiger charge is 2.24. The van der Waals surface area contributed by atoms with E-state index in [1.165, 1.54) is 38.6 Å². The molecule has 0 radical (unpaired) electrons. The summed E-state index contributed by atoms with van der Waals surface area (Å²) >= 11 is 0. The zero-order chi connectivity index (χ0) is 16.7. The van der Waals surface area contributed by atoms with Gasteiger partial charge in [-0.05, 0) is 45.5 Å². The second-order valence-corrected chi connectivity index (χ2v) is 6.47. The normalized spacial score (nSPS) is 16.2. The molecule has 0 fully saturated rings. The van der Waals surface area contributed by atoms with Crippen molar-refractivity contribution in [1.82, 2.24) is 0 Å². The van der Waals surface area contributed by atoms with Gasteiger partial charge in [-0.2, -0.15) is 0 Å². The highest BCUT2D eigenvalue weighted by molar-refractivity contribution is 5.94. The standard InChI is InChI=1S/C24H20/c1-4-18-15-16(2)9-12-21(18)24-17(3)10-13-22-20-8-6-5-7-19(20)11-14-23(22)24/h4-15,24H,1,3H2,2H3. The Bertz CT molecular complexity index is 1000. The Morgan fingerprint density at radius 3 is 2.54 bits per heavy atom.